The van der Waals surface area contributed by atoms with Gasteiger partial charge in [0.15, 0.2) is 5.96 Å². The van der Waals surface area contributed by atoms with Gasteiger partial charge in [0.05, 0.1) is 12.2 Å². The number of hydrogen-bond acceptors (Lipinski definition) is 4. The van der Waals surface area contributed by atoms with E-state index in [0.29, 0.717) is 12.1 Å². The fraction of sp³-hybridized carbons (Fsp3) is 0.625. The summed E-state index contributed by atoms with van der Waals surface area (Å²) in [6, 6.07) is 0.777. The van der Waals surface area contributed by atoms with Crippen LogP contribution in [0.2, 0.25) is 0 Å². The molecule has 0 aromatic carbocycles. The highest BCUT2D eigenvalue weighted by Gasteiger charge is 2.22. The first kappa shape index (κ1) is 19.7. The lowest BCUT2D eigenvalue weighted by molar-refractivity contribution is 0.497. The van der Waals surface area contributed by atoms with E-state index in [0.717, 1.165) is 38.3 Å². The van der Waals surface area contributed by atoms with Crippen molar-refractivity contribution in [2.75, 3.05) is 13.6 Å². The van der Waals surface area contributed by atoms with Crippen LogP contribution in [0, 0.1) is 0 Å². The van der Waals surface area contributed by atoms with E-state index < -0.39 is 0 Å². The number of aromatic nitrogens is 5. The summed E-state index contributed by atoms with van der Waals surface area (Å²) in [5, 5.41) is 15.7. The molecule has 8 nitrogen and oxygen atoms in total. The maximum Gasteiger partial charge on any atom is 0.191 e. The van der Waals surface area contributed by atoms with E-state index in [1.807, 2.05) is 0 Å². The van der Waals surface area contributed by atoms with Crippen LogP contribution < -0.4 is 10.6 Å². The minimum absolute atomic E-state index is 0. The first-order chi connectivity index (χ1) is 11.7. The topological polar surface area (TPSA) is 85.0 Å². The second kappa shape index (κ2) is 9.16. The molecule has 0 fully saturated rings. The Bertz CT molecular complexity index is 676. The zero-order valence-electron chi connectivity index (χ0n) is 15.0. The number of nitrogens with zero attached hydrogens (tertiary/aromatic N) is 6. The van der Waals surface area contributed by atoms with E-state index in [9.17, 15) is 0 Å². The molecule has 2 aromatic heterocycles. The number of halogens is 1. The van der Waals surface area contributed by atoms with Gasteiger partial charge in [-0.05, 0) is 32.3 Å². The molecule has 1 aliphatic rings. The normalized spacial score (nSPS) is 17.1. The molecule has 0 bridgehead atoms. The Balaban J connectivity index is 0.00000225. The molecule has 1 atom stereocenters. The van der Waals surface area contributed by atoms with Crippen molar-refractivity contribution in [3.63, 3.8) is 0 Å². The molecule has 2 N–H and O–H groups in total. The van der Waals surface area contributed by atoms with Crippen molar-refractivity contribution in [3.8, 4) is 0 Å². The Labute approximate surface area is 165 Å². The van der Waals surface area contributed by atoms with Crippen molar-refractivity contribution in [2.45, 2.75) is 51.7 Å². The van der Waals surface area contributed by atoms with Crippen LogP contribution in [0.4, 0.5) is 0 Å². The molecule has 0 radical (unpaired) electrons. The molecule has 0 spiro atoms. The molecule has 0 amide bonds. The van der Waals surface area contributed by atoms with Crippen LogP contribution in [0.15, 0.2) is 23.8 Å². The van der Waals surface area contributed by atoms with Crippen molar-refractivity contribution in [2.24, 2.45) is 4.99 Å². The minimum atomic E-state index is 0. The molecule has 138 valence electrons. The zero-order chi connectivity index (χ0) is 16.9. The summed E-state index contributed by atoms with van der Waals surface area (Å²) in [5.74, 6) is 0.826. The van der Waals surface area contributed by atoms with Crippen LogP contribution in [0.1, 0.15) is 37.6 Å². The van der Waals surface area contributed by atoms with Crippen LogP contribution in [-0.2, 0) is 19.4 Å². The summed E-state index contributed by atoms with van der Waals surface area (Å²) >= 11 is 0. The van der Waals surface area contributed by atoms with Crippen LogP contribution in [0.25, 0.3) is 0 Å². The minimum Gasteiger partial charge on any atom is -0.355 e. The Morgan fingerprint density at radius 2 is 2.28 bits per heavy atom. The third kappa shape index (κ3) is 5.16. The maximum absolute atomic E-state index is 4.73. The molecule has 0 saturated carbocycles. The molecule has 0 aliphatic heterocycles. The van der Waals surface area contributed by atoms with Gasteiger partial charge in [0, 0.05) is 38.3 Å². The molecule has 0 saturated heterocycles. The summed E-state index contributed by atoms with van der Waals surface area (Å²) < 4.78 is 3.87. The largest absolute Gasteiger partial charge is 0.355 e. The molecular formula is C16H27IN8. The Morgan fingerprint density at radius 1 is 1.44 bits per heavy atom. The third-order valence-corrected chi connectivity index (χ3v) is 4.29. The van der Waals surface area contributed by atoms with E-state index in [1.165, 1.54) is 11.3 Å². The molecule has 25 heavy (non-hydrogen) atoms. The van der Waals surface area contributed by atoms with Crippen molar-refractivity contribution >= 4 is 29.9 Å². The number of aryl methyl sites for hydroxylation is 1. The first-order valence-corrected chi connectivity index (χ1v) is 8.52. The second-order valence-corrected chi connectivity index (χ2v) is 6.42. The SMILES string of the molecule is CN=C(NCCn1cncn1)NC1CCc2cn(C(C)C)nc2C1.I. The van der Waals surface area contributed by atoms with Gasteiger partial charge in [-0.15, -0.1) is 24.0 Å². The molecule has 1 aliphatic carbocycles. The van der Waals surface area contributed by atoms with Crippen molar-refractivity contribution < 1.29 is 0 Å². The third-order valence-electron chi connectivity index (χ3n) is 4.29. The highest BCUT2D eigenvalue weighted by atomic mass is 127. The van der Waals surface area contributed by atoms with E-state index in [1.54, 1.807) is 24.4 Å². The Kier molecular flexibility index (Phi) is 7.21. The monoisotopic (exact) mass is 458 g/mol. The lowest BCUT2D eigenvalue weighted by atomic mass is 9.94. The quantitative estimate of drug-likeness (QED) is 0.402. The summed E-state index contributed by atoms with van der Waals surface area (Å²) in [6.07, 6.45) is 8.56. The van der Waals surface area contributed by atoms with E-state index in [2.05, 4.69) is 50.4 Å². The average molecular weight is 458 g/mol. The smallest absolute Gasteiger partial charge is 0.191 e. The molecule has 2 aromatic rings. The fourth-order valence-corrected chi connectivity index (χ4v) is 2.93. The highest BCUT2D eigenvalue weighted by molar-refractivity contribution is 14.0. The number of guanidine groups is 1. The van der Waals surface area contributed by atoms with Crippen molar-refractivity contribution in [3.05, 3.63) is 30.1 Å². The predicted molar refractivity (Wildman–Crippen MR) is 108 cm³/mol. The maximum atomic E-state index is 4.73. The summed E-state index contributed by atoms with van der Waals surface area (Å²) in [5.41, 5.74) is 2.60. The molecule has 9 heteroatoms. The molecule has 3 rings (SSSR count). The van der Waals surface area contributed by atoms with E-state index in [-0.39, 0.29) is 24.0 Å². The number of fused-ring (bicyclic) bond motifs is 1. The first-order valence-electron chi connectivity index (χ1n) is 8.52. The van der Waals surface area contributed by atoms with E-state index in [4.69, 9.17) is 5.10 Å². The second-order valence-electron chi connectivity index (χ2n) is 6.42. The van der Waals surface area contributed by atoms with Gasteiger partial charge in [-0.3, -0.25) is 14.4 Å². The molecule has 2 heterocycles. The van der Waals surface area contributed by atoms with Crippen LogP contribution in [0.3, 0.4) is 0 Å². The number of nitrogens with one attached hydrogen (secondary N) is 2. The van der Waals surface area contributed by atoms with Crippen molar-refractivity contribution in [1.82, 2.24) is 35.2 Å². The average Bonchev–Trinajstić information content (AvgIpc) is 3.22. The van der Waals surface area contributed by atoms with Gasteiger partial charge in [-0.1, -0.05) is 0 Å². The highest BCUT2D eigenvalue weighted by Crippen LogP contribution is 2.21. The van der Waals surface area contributed by atoms with Crippen LogP contribution in [0.5, 0.6) is 0 Å². The number of hydrogen-bond donors (Lipinski definition) is 2. The number of rotatable bonds is 5. The van der Waals surface area contributed by atoms with Gasteiger partial charge in [-0.2, -0.15) is 10.2 Å². The Morgan fingerprint density at radius 3 is 2.96 bits per heavy atom. The van der Waals surface area contributed by atoms with Crippen molar-refractivity contribution in [1.29, 1.82) is 0 Å². The number of aliphatic imine (C=N–C) groups is 1. The van der Waals surface area contributed by atoms with Crippen LogP contribution in [-0.4, -0.2) is 50.1 Å². The fourth-order valence-electron chi connectivity index (χ4n) is 2.93. The van der Waals surface area contributed by atoms with Gasteiger partial charge in [0.1, 0.15) is 12.7 Å². The standard InChI is InChI=1S/C16H26N8.HI/c1-12(2)24-9-13-4-5-14(8-15(13)22-24)21-16(17-3)19-6-7-23-11-18-10-20-23;/h9-12,14H,4-8H2,1-3H3,(H2,17,19,21);1H. The van der Waals surface area contributed by atoms with Gasteiger partial charge < -0.3 is 10.6 Å². The predicted octanol–water partition coefficient (Wildman–Crippen LogP) is 1.40. The Hall–Kier alpha value is -1.65. The summed E-state index contributed by atoms with van der Waals surface area (Å²) in [6.45, 7) is 5.83. The molecular weight excluding hydrogens is 431 g/mol. The summed E-state index contributed by atoms with van der Waals surface area (Å²) in [4.78, 5) is 8.25. The van der Waals surface area contributed by atoms with E-state index >= 15 is 0 Å². The van der Waals surface area contributed by atoms with Gasteiger partial charge >= 0.3 is 0 Å². The van der Waals surface area contributed by atoms with Crippen LogP contribution >= 0.6 is 24.0 Å². The lowest BCUT2D eigenvalue weighted by Crippen LogP contribution is -2.46. The lowest BCUT2D eigenvalue weighted by Gasteiger charge is -2.24. The van der Waals surface area contributed by atoms with Gasteiger partial charge in [-0.25, -0.2) is 4.98 Å². The van der Waals surface area contributed by atoms with Gasteiger partial charge in [0.2, 0.25) is 0 Å². The zero-order valence-corrected chi connectivity index (χ0v) is 17.3. The molecule has 1 unspecified atom stereocenters. The van der Waals surface area contributed by atoms with Gasteiger partial charge in [0.25, 0.3) is 0 Å². The summed E-state index contributed by atoms with van der Waals surface area (Å²) in [7, 11) is 1.80.